The Hall–Kier alpha value is -1.18. The predicted molar refractivity (Wildman–Crippen MR) is 69.0 cm³/mol. The molecule has 1 aromatic rings. The highest BCUT2D eigenvalue weighted by atomic mass is 35.5. The van der Waals surface area contributed by atoms with Crippen molar-refractivity contribution in [2.45, 2.75) is 18.4 Å². The monoisotopic (exact) mass is 326 g/mol. The summed E-state index contributed by atoms with van der Waals surface area (Å²) in [6, 6.07) is 2.37. The van der Waals surface area contributed by atoms with Crippen molar-refractivity contribution in [1.82, 2.24) is 0 Å². The molecule has 0 aliphatic carbocycles. The highest BCUT2D eigenvalue weighted by Gasteiger charge is 2.43. The number of halogens is 4. The van der Waals surface area contributed by atoms with Crippen LogP contribution in [0.5, 0.6) is 11.5 Å². The Balaban J connectivity index is 2.31. The van der Waals surface area contributed by atoms with Gasteiger partial charge in [0, 0.05) is 0 Å². The van der Waals surface area contributed by atoms with Crippen LogP contribution in [0.4, 0.5) is 13.2 Å². The lowest BCUT2D eigenvalue weighted by molar-refractivity contribution is -0.224. The molecule has 1 saturated heterocycles. The Bertz CT molecular complexity index is 503. The molecular formula is C13H14ClF3O4. The lowest BCUT2D eigenvalue weighted by Gasteiger charge is -2.22. The SMILES string of the molecule is COc1cc(C(OCC2CO2)C(F)(F)F)cc(Cl)c1OC. The topological polar surface area (TPSA) is 40.2 Å². The van der Waals surface area contributed by atoms with Crippen LogP contribution in [0.2, 0.25) is 5.02 Å². The molecule has 1 fully saturated rings. The van der Waals surface area contributed by atoms with Crippen LogP contribution < -0.4 is 9.47 Å². The number of alkyl halides is 3. The highest BCUT2D eigenvalue weighted by molar-refractivity contribution is 6.32. The van der Waals surface area contributed by atoms with Gasteiger partial charge in [0.2, 0.25) is 0 Å². The molecule has 2 atom stereocenters. The molecule has 2 unspecified atom stereocenters. The van der Waals surface area contributed by atoms with Crippen molar-refractivity contribution < 1.29 is 32.1 Å². The van der Waals surface area contributed by atoms with Crippen LogP contribution >= 0.6 is 11.6 Å². The summed E-state index contributed by atoms with van der Waals surface area (Å²) < 4.78 is 59.2. The zero-order chi connectivity index (χ0) is 15.6. The van der Waals surface area contributed by atoms with Crippen molar-refractivity contribution in [2.75, 3.05) is 27.4 Å². The normalized spacial score (nSPS) is 19.2. The minimum atomic E-state index is -4.57. The van der Waals surface area contributed by atoms with Gasteiger partial charge in [-0.05, 0) is 17.7 Å². The molecule has 118 valence electrons. The van der Waals surface area contributed by atoms with E-state index in [0.29, 0.717) is 6.61 Å². The Morgan fingerprint density at radius 3 is 2.48 bits per heavy atom. The molecule has 0 spiro atoms. The van der Waals surface area contributed by atoms with Crippen LogP contribution in [0.15, 0.2) is 12.1 Å². The van der Waals surface area contributed by atoms with Gasteiger partial charge in [0.05, 0.1) is 32.5 Å². The third-order valence-electron chi connectivity index (χ3n) is 2.91. The second-order valence-corrected chi connectivity index (χ2v) is 4.86. The maximum atomic E-state index is 13.1. The molecule has 0 radical (unpaired) electrons. The van der Waals surface area contributed by atoms with E-state index in [1.54, 1.807) is 0 Å². The average Bonchev–Trinajstić information content (AvgIpc) is 3.20. The van der Waals surface area contributed by atoms with Gasteiger partial charge in [0.25, 0.3) is 0 Å². The molecule has 0 aromatic heterocycles. The number of methoxy groups -OCH3 is 2. The Labute approximate surface area is 124 Å². The van der Waals surface area contributed by atoms with E-state index in [-0.39, 0.29) is 34.8 Å². The van der Waals surface area contributed by atoms with Crippen LogP contribution in [-0.2, 0) is 9.47 Å². The Morgan fingerprint density at radius 1 is 1.33 bits per heavy atom. The van der Waals surface area contributed by atoms with E-state index in [2.05, 4.69) is 0 Å². The van der Waals surface area contributed by atoms with Crippen LogP contribution in [0, 0.1) is 0 Å². The maximum absolute atomic E-state index is 13.1. The van der Waals surface area contributed by atoms with Crippen LogP contribution in [0.25, 0.3) is 0 Å². The molecule has 21 heavy (non-hydrogen) atoms. The largest absolute Gasteiger partial charge is 0.493 e. The molecular weight excluding hydrogens is 313 g/mol. The van der Waals surface area contributed by atoms with Crippen molar-refractivity contribution in [3.8, 4) is 11.5 Å². The first-order valence-corrected chi connectivity index (χ1v) is 6.46. The smallest absolute Gasteiger partial charge is 0.418 e. The van der Waals surface area contributed by atoms with Gasteiger partial charge in [-0.2, -0.15) is 13.2 Å². The minimum absolute atomic E-state index is 0.0207. The van der Waals surface area contributed by atoms with Crippen molar-refractivity contribution in [3.63, 3.8) is 0 Å². The zero-order valence-corrected chi connectivity index (χ0v) is 12.1. The van der Waals surface area contributed by atoms with Gasteiger partial charge in [-0.15, -0.1) is 0 Å². The van der Waals surface area contributed by atoms with Gasteiger partial charge >= 0.3 is 6.18 Å². The number of ether oxygens (including phenoxy) is 4. The average molecular weight is 327 g/mol. The molecule has 1 heterocycles. The summed E-state index contributed by atoms with van der Waals surface area (Å²) in [4.78, 5) is 0. The fraction of sp³-hybridized carbons (Fsp3) is 0.538. The summed E-state index contributed by atoms with van der Waals surface area (Å²) in [5, 5.41) is 0.0207. The van der Waals surface area contributed by atoms with Gasteiger partial charge in [-0.1, -0.05) is 11.6 Å². The Kier molecular flexibility index (Phi) is 4.85. The minimum Gasteiger partial charge on any atom is -0.493 e. The first-order valence-electron chi connectivity index (χ1n) is 6.08. The van der Waals surface area contributed by atoms with Gasteiger partial charge in [-0.25, -0.2) is 0 Å². The maximum Gasteiger partial charge on any atom is 0.418 e. The van der Waals surface area contributed by atoms with E-state index in [0.717, 1.165) is 6.07 Å². The fourth-order valence-corrected chi connectivity index (χ4v) is 2.13. The quantitative estimate of drug-likeness (QED) is 0.751. The second-order valence-electron chi connectivity index (χ2n) is 4.45. The summed E-state index contributed by atoms with van der Waals surface area (Å²) in [5.41, 5.74) is -0.147. The van der Waals surface area contributed by atoms with Crippen LogP contribution in [0.1, 0.15) is 11.7 Å². The molecule has 1 aliphatic rings. The third-order valence-corrected chi connectivity index (χ3v) is 3.19. The first-order chi connectivity index (χ1) is 9.86. The van der Waals surface area contributed by atoms with Crippen LogP contribution in [-0.4, -0.2) is 39.7 Å². The lowest BCUT2D eigenvalue weighted by Crippen LogP contribution is -2.25. The molecule has 4 nitrogen and oxygen atoms in total. The van der Waals surface area contributed by atoms with Crippen molar-refractivity contribution >= 4 is 11.6 Å². The molecule has 1 aliphatic heterocycles. The second kappa shape index (κ2) is 6.29. The van der Waals surface area contributed by atoms with E-state index in [9.17, 15) is 13.2 Å². The summed E-state index contributed by atoms with van der Waals surface area (Å²) in [6.45, 7) is 0.285. The summed E-state index contributed by atoms with van der Waals surface area (Å²) >= 11 is 5.93. The number of rotatable bonds is 6. The first kappa shape index (κ1) is 16.2. The fourth-order valence-electron chi connectivity index (χ4n) is 1.84. The van der Waals surface area contributed by atoms with E-state index >= 15 is 0 Å². The van der Waals surface area contributed by atoms with E-state index in [1.165, 1.54) is 20.3 Å². The molecule has 1 aromatic carbocycles. The molecule has 0 N–H and O–H groups in total. The van der Waals surface area contributed by atoms with Crippen molar-refractivity contribution in [3.05, 3.63) is 22.7 Å². The van der Waals surface area contributed by atoms with Gasteiger partial charge in [-0.3, -0.25) is 0 Å². The van der Waals surface area contributed by atoms with Gasteiger partial charge in [0.1, 0.15) is 6.10 Å². The van der Waals surface area contributed by atoms with Crippen molar-refractivity contribution in [2.24, 2.45) is 0 Å². The lowest BCUT2D eigenvalue weighted by atomic mass is 10.1. The third kappa shape index (κ3) is 3.93. The summed E-state index contributed by atoms with van der Waals surface area (Å²) in [6.07, 6.45) is -6.94. The van der Waals surface area contributed by atoms with Crippen LogP contribution in [0.3, 0.4) is 0 Å². The molecule has 0 bridgehead atoms. The van der Waals surface area contributed by atoms with Crippen molar-refractivity contribution in [1.29, 1.82) is 0 Å². The standard InChI is InChI=1S/C13H14ClF3O4/c1-18-10-4-7(3-9(14)11(10)19-2)12(13(15,16)17)21-6-8-5-20-8/h3-4,8,12H,5-6H2,1-2H3. The highest BCUT2D eigenvalue weighted by Crippen LogP contribution is 2.43. The van der Waals surface area contributed by atoms with Gasteiger partial charge < -0.3 is 18.9 Å². The van der Waals surface area contributed by atoms with E-state index in [1.807, 2.05) is 0 Å². The molecule has 2 rings (SSSR count). The molecule has 0 saturated carbocycles. The summed E-state index contributed by atoms with van der Waals surface area (Å²) in [5.74, 6) is 0.287. The number of hydrogen-bond acceptors (Lipinski definition) is 4. The number of hydrogen-bond donors (Lipinski definition) is 0. The number of benzene rings is 1. The molecule has 0 amide bonds. The zero-order valence-electron chi connectivity index (χ0n) is 11.4. The predicted octanol–water partition coefficient (Wildman–Crippen LogP) is 3.38. The Morgan fingerprint density at radius 2 is 2.00 bits per heavy atom. The summed E-state index contributed by atoms with van der Waals surface area (Å²) in [7, 11) is 2.67. The van der Waals surface area contributed by atoms with E-state index in [4.69, 9.17) is 30.5 Å². The van der Waals surface area contributed by atoms with E-state index < -0.39 is 12.3 Å². The van der Waals surface area contributed by atoms with Gasteiger partial charge in [0.15, 0.2) is 17.6 Å². The molecule has 8 heteroatoms. The number of epoxide rings is 1.